The number of rotatable bonds is 8. The van der Waals surface area contributed by atoms with Gasteiger partial charge in [0, 0.05) is 50.1 Å². The number of hydrogen-bond donors (Lipinski definition) is 0. The fourth-order valence-corrected chi connectivity index (χ4v) is 15.2. The van der Waals surface area contributed by atoms with Gasteiger partial charge in [0.2, 0.25) is 0 Å². The van der Waals surface area contributed by atoms with Gasteiger partial charge in [-0.25, -0.2) is 0 Å². The second-order valence-corrected chi connectivity index (χ2v) is 24.5. The van der Waals surface area contributed by atoms with Crippen LogP contribution in [-0.2, 0) is 16.2 Å². The van der Waals surface area contributed by atoms with E-state index in [-0.39, 0.29) is 16.2 Å². The van der Waals surface area contributed by atoms with Crippen LogP contribution in [0.2, 0.25) is 0 Å². The molecule has 0 saturated carbocycles. The van der Waals surface area contributed by atoms with Crippen molar-refractivity contribution in [2.75, 3.05) is 9.80 Å². The molecule has 12 aromatic carbocycles. The molecule has 0 N–H and O–H groups in total. The van der Waals surface area contributed by atoms with E-state index >= 15 is 0 Å². The monoisotopic (exact) mass is 1040 g/mol. The van der Waals surface area contributed by atoms with E-state index in [0.717, 1.165) is 34.1 Å². The first-order chi connectivity index (χ1) is 39.3. The lowest BCUT2D eigenvalue weighted by atomic mass is 9.68. The van der Waals surface area contributed by atoms with E-state index in [9.17, 15) is 0 Å². The molecule has 0 saturated heterocycles. The van der Waals surface area contributed by atoms with Crippen LogP contribution in [0.5, 0.6) is 0 Å². The van der Waals surface area contributed by atoms with Crippen LogP contribution in [0.25, 0.3) is 77.2 Å². The summed E-state index contributed by atoms with van der Waals surface area (Å²) in [5, 5.41) is 5.07. The minimum Gasteiger partial charge on any atom is -0.310 e. The van der Waals surface area contributed by atoms with Crippen LogP contribution in [0.1, 0.15) is 86.1 Å². The first-order valence-electron chi connectivity index (χ1n) is 28.8. The third-order valence-corrected chi connectivity index (χ3v) is 18.6. The van der Waals surface area contributed by atoms with Gasteiger partial charge in [-0.3, -0.25) is 0 Å². The number of aryl methyl sites for hydroxylation is 2. The average Bonchev–Trinajstić information content (AvgIpc) is 2.36. The highest BCUT2D eigenvalue weighted by molar-refractivity contribution is 6.05. The fraction of sp³-hybridized carbons (Fsp3) is 0.139. The van der Waals surface area contributed by atoms with Crippen molar-refractivity contribution in [2.24, 2.45) is 0 Å². The summed E-state index contributed by atoms with van der Waals surface area (Å²) in [6, 6.07) is 90.0. The number of para-hydroxylation sites is 4. The molecule has 0 fully saturated rings. The molecule has 3 aliphatic carbocycles. The number of fused-ring (bicyclic) bond motifs is 14. The predicted molar refractivity (Wildman–Crippen MR) is 344 cm³/mol. The molecule has 390 valence electrons. The Hall–Kier alpha value is -9.24. The third kappa shape index (κ3) is 7.19. The van der Waals surface area contributed by atoms with E-state index in [2.05, 4.69) is 308 Å². The van der Waals surface area contributed by atoms with Gasteiger partial charge < -0.3 is 9.80 Å². The van der Waals surface area contributed by atoms with Gasteiger partial charge in [-0.2, -0.15) is 0 Å². The van der Waals surface area contributed by atoms with Crippen LogP contribution < -0.4 is 9.80 Å². The van der Waals surface area contributed by atoms with Gasteiger partial charge in [-0.15, -0.1) is 0 Å². The maximum absolute atomic E-state index is 2.55. The molecule has 0 atom stereocenters. The molecule has 2 heteroatoms. The molecule has 0 aromatic heterocycles. The van der Waals surface area contributed by atoms with Crippen LogP contribution in [0.3, 0.4) is 0 Å². The molecule has 12 aromatic rings. The van der Waals surface area contributed by atoms with Crippen molar-refractivity contribution in [3.63, 3.8) is 0 Å². The van der Waals surface area contributed by atoms with Gasteiger partial charge in [0.05, 0.1) is 11.4 Å². The Kier molecular flexibility index (Phi) is 10.8. The summed E-state index contributed by atoms with van der Waals surface area (Å²) in [4.78, 5) is 4.86. The summed E-state index contributed by atoms with van der Waals surface area (Å²) in [7, 11) is 0. The molecule has 3 aliphatic rings. The first kappa shape index (κ1) is 48.9. The molecule has 0 spiro atoms. The number of nitrogens with zero attached hydrogens (tertiary/aromatic N) is 2. The Morgan fingerprint density at radius 2 is 0.704 bits per heavy atom. The van der Waals surface area contributed by atoms with E-state index in [1.54, 1.807) is 0 Å². The zero-order valence-corrected chi connectivity index (χ0v) is 47.5. The normalized spacial score (nSPS) is 14.5. The predicted octanol–water partition coefficient (Wildman–Crippen LogP) is 21.8. The summed E-state index contributed by atoms with van der Waals surface area (Å²) >= 11 is 0. The fourth-order valence-electron chi connectivity index (χ4n) is 15.2. The maximum Gasteiger partial charge on any atom is 0.0540 e. The Bertz CT molecular complexity index is 4550. The van der Waals surface area contributed by atoms with E-state index in [1.807, 2.05) is 0 Å². The average molecular weight is 1040 g/mol. The number of anilines is 6. The molecule has 0 bridgehead atoms. The molecule has 0 radical (unpaired) electrons. The molecule has 0 unspecified atom stereocenters. The maximum atomic E-state index is 2.55. The Morgan fingerprint density at radius 1 is 0.272 bits per heavy atom. The second-order valence-electron chi connectivity index (χ2n) is 24.5. The molecule has 2 nitrogen and oxygen atoms in total. The van der Waals surface area contributed by atoms with Crippen LogP contribution in [0, 0.1) is 13.8 Å². The molecule has 0 heterocycles. The quantitative estimate of drug-likeness (QED) is 0.150. The first-order valence-corrected chi connectivity index (χ1v) is 28.8. The lowest BCUT2D eigenvalue weighted by Crippen LogP contribution is -2.27. The highest BCUT2D eigenvalue weighted by Gasteiger charge is 2.51. The Morgan fingerprint density at radius 3 is 1.25 bits per heavy atom. The standard InChI is InChI=1S/C79H64N2/c1-49-43-65-64-44-50(2)71-66-47-53-37-39-58(80(56-29-17-11-18-30-56)68-35-23-21-33-60(68)51-25-13-9-14-26-51)46-55(53)48-67(66)77(3,4)75(71)73(64)79(7,8)74(65)76-70(49)63-41-38-54-45-59(40-42-62(54)72(63)78(76,5)6)81(57-31-19-12-20-32-57)69-36-24-22-34-61(69)52-27-15-10-16-28-52/h9-48H,1-8H3. The number of hydrogen-bond acceptors (Lipinski definition) is 2. The highest BCUT2D eigenvalue weighted by atomic mass is 15.1. The van der Waals surface area contributed by atoms with Crippen LogP contribution in [0.4, 0.5) is 34.1 Å². The van der Waals surface area contributed by atoms with E-state index < -0.39 is 0 Å². The van der Waals surface area contributed by atoms with Crippen molar-refractivity contribution in [3.8, 4) is 55.6 Å². The molecule has 81 heavy (non-hydrogen) atoms. The number of benzene rings is 12. The summed E-state index contributed by atoms with van der Waals surface area (Å²) < 4.78 is 0. The molecular formula is C79H64N2. The van der Waals surface area contributed by atoms with Crippen molar-refractivity contribution in [3.05, 3.63) is 287 Å². The summed E-state index contributed by atoms with van der Waals surface area (Å²) in [5.74, 6) is 0. The third-order valence-electron chi connectivity index (χ3n) is 18.6. The van der Waals surface area contributed by atoms with Crippen molar-refractivity contribution >= 4 is 55.7 Å². The molecule has 0 aliphatic heterocycles. The van der Waals surface area contributed by atoms with Crippen molar-refractivity contribution in [1.29, 1.82) is 0 Å². The molecular weight excluding hydrogens is 977 g/mol. The van der Waals surface area contributed by atoms with Crippen LogP contribution in [-0.4, -0.2) is 0 Å². The van der Waals surface area contributed by atoms with Gasteiger partial charge >= 0.3 is 0 Å². The van der Waals surface area contributed by atoms with Crippen molar-refractivity contribution in [1.82, 2.24) is 0 Å². The zero-order chi connectivity index (χ0) is 55.1. The zero-order valence-electron chi connectivity index (χ0n) is 47.5. The van der Waals surface area contributed by atoms with Gasteiger partial charge in [-0.1, -0.05) is 211 Å². The van der Waals surface area contributed by atoms with Crippen LogP contribution in [0.15, 0.2) is 243 Å². The SMILES string of the molecule is Cc1cc2c(c3c1-c1cc4ccc(N(c5ccccc5)c5ccccc5-c5ccccc5)cc4cc1C3(C)C)C(C)(C)c1c-2cc(C)c2c1C(C)(C)c1c-2ccc2cc(N(c3ccccc3)c3ccccc3-c3ccccc3)ccc12. The summed E-state index contributed by atoms with van der Waals surface area (Å²) in [5.41, 5.74) is 30.7. The Labute approximate surface area is 477 Å². The van der Waals surface area contributed by atoms with E-state index in [4.69, 9.17) is 0 Å². The topological polar surface area (TPSA) is 6.48 Å². The smallest absolute Gasteiger partial charge is 0.0540 e. The molecule has 0 amide bonds. The lowest BCUT2D eigenvalue weighted by Gasteiger charge is -2.34. The van der Waals surface area contributed by atoms with Crippen molar-refractivity contribution < 1.29 is 0 Å². The lowest BCUT2D eigenvalue weighted by molar-refractivity contribution is 0.579. The minimum absolute atomic E-state index is 0.261. The Balaban J connectivity index is 0.842. The van der Waals surface area contributed by atoms with E-state index in [1.165, 1.54) is 122 Å². The largest absolute Gasteiger partial charge is 0.310 e. The summed E-state index contributed by atoms with van der Waals surface area (Å²) in [6.45, 7) is 19.8. The van der Waals surface area contributed by atoms with Crippen molar-refractivity contribution in [2.45, 2.75) is 71.6 Å². The van der Waals surface area contributed by atoms with Gasteiger partial charge in [0.15, 0.2) is 0 Å². The minimum atomic E-state index is -0.279. The summed E-state index contributed by atoms with van der Waals surface area (Å²) in [6.07, 6.45) is 0. The van der Waals surface area contributed by atoms with Gasteiger partial charge in [0.25, 0.3) is 0 Å². The second kappa shape index (κ2) is 17.9. The highest BCUT2D eigenvalue weighted by Crippen LogP contribution is 2.65. The molecule has 15 rings (SSSR count). The van der Waals surface area contributed by atoms with Crippen LogP contribution >= 0.6 is 0 Å². The van der Waals surface area contributed by atoms with E-state index in [0.29, 0.717) is 0 Å². The van der Waals surface area contributed by atoms with Gasteiger partial charge in [-0.05, 0) is 197 Å². The van der Waals surface area contributed by atoms with Gasteiger partial charge in [0.1, 0.15) is 0 Å².